The second kappa shape index (κ2) is 11.3. The lowest BCUT2D eigenvalue weighted by Gasteiger charge is -2.24. The van der Waals surface area contributed by atoms with Crippen LogP contribution in [0.25, 0.3) is 0 Å². The SMILES string of the molecule is CN(C)CC(=O)CNc1ccc(NC(=O)[C@H]2C[C@@H](O)CN2C(=O)Nc2ccc(Cl)cc2)c(F)c1. The molecule has 0 bridgehead atoms. The number of benzene rings is 2. The van der Waals surface area contributed by atoms with Gasteiger partial charge in [-0.05, 0) is 56.6 Å². The summed E-state index contributed by atoms with van der Waals surface area (Å²) in [6.07, 6.45) is -0.863. The zero-order valence-corrected chi connectivity index (χ0v) is 19.6. The lowest BCUT2D eigenvalue weighted by molar-refractivity contribution is -0.119. The highest BCUT2D eigenvalue weighted by Crippen LogP contribution is 2.24. The highest BCUT2D eigenvalue weighted by atomic mass is 35.5. The lowest BCUT2D eigenvalue weighted by Crippen LogP contribution is -2.45. The highest BCUT2D eigenvalue weighted by molar-refractivity contribution is 6.30. The Balaban J connectivity index is 1.62. The first-order valence-electron chi connectivity index (χ1n) is 10.6. The summed E-state index contributed by atoms with van der Waals surface area (Å²) >= 11 is 5.85. The number of halogens is 2. The van der Waals surface area contributed by atoms with Crippen molar-refractivity contribution in [2.24, 2.45) is 0 Å². The third-order valence-electron chi connectivity index (χ3n) is 5.15. The van der Waals surface area contributed by atoms with Gasteiger partial charge in [0.2, 0.25) is 5.91 Å². The molecule has 1 fully saturated rings. The summed E-state index contributed by atoms with van der Waals surface area (Å²) in [6.45, 7) is 0.268. The number of amides is 3. The molecule has 0 spiro atoms. The Bertz CT molecular complexity index is 1050. The maximum absolute atomic E-state index is 14.6. The monoisotopic (exact) mass is 491 g/mol. The Hall–Kier alpha value is -3.21. The molecule has 2 aromatic carbocycles. The number of urea groups is 1. The van der Waals surface area contributed by atoms with E-state index in [-0.39, 0.29) is 37.5 Å². The Labute approximate surface area is 201 Å². The number of aliphatic hydroxyl groups is 1. The fourth-order valence-electron chi connectivity index (χ4n) is 3.57. The van der Waals surface area contributed by atoms with Gasteiger partial charge in [0.25, 0.3) is 0 Å². The number of rotatable bonds is 8. The molecule has 0 saturated carbocycles. The lowest BCUT2D eigenvalue weighted by atomic mass is 10.1. The van der Waals surface area contributed by atoms with Gasteiger partial charge in [-0.25, -0.2) is 9.18 Å². The van der Waals surface area contributed by atoms with Gasteiger partial charge in [-0.2, -0.15) is 0 Å². The zero-order valence-electron chi connectivity index (χ0n) is 18.8. The van der Waals surface area contributed by atoms with E-state index >= 15 is 0 Å². The second-order valence-electron chi connectivity index (χ2n) is 8.31. The second-order valence-corrected chi connectivity index (χ2v) is 8.75. The molecule has 34 heavy (non-hydrogen) atoms. The van der Waals surface area contributed by atoms with E-state index in [1.165, 1.54) is 23.1 Å². The number of Topliss-reactive ketones (excluding diaryl/α,β-unsaturated/α-hetero) is 1. The molecule has 0 aromatic heterocycles. The summed E-state index contributed by atoms with van der Waals surface area (Å²) in [7, 11) is 3.56. The van der Waals surface area contributed by atoms with Crippen molar-refractivity contribution in [3.05, 3.63) is 53.3 Å². The van der Waals surface area contributed by atoms with Crippen molar-refractivity contribution in [1.82, 2.24) is 9.80 Å². The molecule has 1 aliphatic heterocycles. The number of nitrogens with zero attached hydrogens (tertiary/aromatic N) is 2. The van der Waals surface area contributed by atoms with Crippen LogP contribution in [0.1, 0.15) is 6.42 Å². The van der Waals surface area contributed by atoms with E-state index in [1.54, 1.807) is 43.3 Å². The number of nitrogens with one attached hydrogen (secondary N) is 3. The molecule has 0 radical (unpaired) electrons. The van der Waals surface area contributed by atoms with Crippen molar-refractivity contribution in [1.29, 1.82) is 0 Å². The van der Waals surface area contributed by atoms with Gasteiger partial charge in [-0.1, -0.05) is 11.6 Å². The summed E-state index contributed by atoms with van der Waals surface area (Å²) < 4.78 is 14.6. The van der Waals surface area contributed by atoms with Gasteiger partial charge < -0.3 is 30.9 Å². The minimum atomic E-state index is -0.983. The van der Waals surface area contributed by atoms with Gasteiger partial charge in [-0.3, -0.25) is 9.59 Å². The fourth-order valence-corrected chi connectivity index (χ4v) is 3.69. The molecular formula is C23H27ClFN5O4. The predicted molar refractivity (Wildman–Crippen MR) is 129 cm³/mol. The number of carbonyl (C=O) groups excluding carboxylic acids is 3. The van der Waals surface area contributed by atoms with Gasteiger partial charge in [0.15, 0.2) is 5.78 Å². The highest BCUT2D eigenvalue weighted by Gasteiger charge is 2.39. The number of likely N-dealkylation sites (tertiary alicyclic amines) is 1. The first-order chi connectivity index (χ1) is 16.1. The Morgan fingerprint density at radius 3 is 2.44 bits per heavy atom. The van der Waals surface area contributed by atoms with E-state index in [1.807, 2.05) is 0 Å². The van der Waals surface area contributed by atoms with E-state index < -0.39 is 29.9 Å². The summed E-state index contributed by atoms with van der Waals surface area (Å²) in [6, 6.07) is 8.98. The minimum Gasteiger partial charge on any atom is -0.391 e. The number of ketones is 1. The van der Waals surface area contributed by atoms with Crippen LogP contribution >= 0.6 is 11.6 Å². The van der Waals surface area contributed by atoms with Crippen LogP contribution in [0.2, 0.25) is 5.02 Å². The first kappa shape index (κ1) is 25.4. The third-order valence-corrected chi connectivity index (χ3v) is 5.40. The standard InChI is InChI=1S/C23H27ClFN5O4/c1-29(2)12-18(32)11-26-16-7-8-20(19(25)9-16)28-22(33)21-10-17(31)13-30(21)23(34)27-15-5-3-14(24)4-6-15/h3-9,17,21,26,31H,10-13H2,1-2H3,(H,27,34)(H,28,33)/t17-,21-/m1/s1. The maximum atomic E-state index is 14.6. The smallest absolute Gasteiger partial charge is 0.322 e. The van der Waals surface area contributed by atoms with Crippen LogP contribution in [-0.4, -0.2) is 78.5 Å². The van der Waals surface area contributed by atoms with Crippen LogP contribution in [0.15, 0.2) is 42.5 Å². The average Bonchev–Trinajstić information content (AvgIpc) is 3.17. The molecule has 1 saturated heterocycles. The summed E-state index contributed by atoms with van der Waals surface area (Å²) in [5, 5.41) is 18.6. The zero-order chi connectivity index (χ0) is 24.8. The van der Waals surface area contributed by atoms with Gasteiger partial charge >= 0.3 is 6.03 Å². The van der Waals surface area contributed by atoms with Crippen molar-refractivity contribution < 1.29 is 23.9 Å². The van der Waals surface area contributed by atoms with Crippen LogP contribution in [0.4, 0.5) is 26.2 Å². The van der Waals surface area contributed by atoms with Crippen LogP contribution in [0.3, 0.4) is 0 Å². The molecule has 2 aromatic rings. The Kier molecular flexibility index (Phi) is 8.43. The summed E-state index contributed by atoms with van der Waals surface area (Å²) in [5.41, 5.74) is 0.797. The van der Waals surface area contributed by atoms with Gasteiger partial charge in [-0.15, -0.1) is 0 Å². The van der Waals surface area contributed by atoms with Crippen molar-refractivity contribution in [2.45, 2.75) is 18.6 Å². The van der Waals surface area contributed by atoms with E-state index in [0.717, 1.165) is 0 Å². The average molecular weight is 492 g/mol. The van der Waals surface area contributed by atoms with Crippen molar-refractivity contribution >= 4 is 46.4 Å². The molecule has 9 nitrogen and oxygen atoms in total. The van der Waals surface area contributed by atoms with E-state index in [0.29, 0.717) is 16.4 Å². The molecule has 1 heterocycles. The van der Waals surface area contributed by atoms with E-state index in [2.05, 4.69) is 16.0 Å². The third kappa shape index (κ3) is 6.89. The molecule has 11 heteroatoms. The largest absolute Gasteiger partial charge is 0.391 e. The predicted octanol–water partition coefficient (Wildman–Crippen LogP) is 2.63. The molecule has 1 aliphatic rings. The summed E-state index contributed by atoms with van der Waals surface area (Å²) in [5.74, 6) is -1.38. The molecule has 0 unspecified atom stereocenters. The topological polar surface area (TPSA) is 114 Å². The molecule has 4 N–H and O–H groups in total. The maximum Gasteiger partial charge on any atom is 0.322 e. The number of hydrogen-bond donors (Lipinski definition) is 4. The first-order valence-corrected chi connectivity index (χ1v) is 11.0. The van der Waals surface area contributed by atoms with Crippen LogP contribution < -0.4 is 16.0 Å². The number of β-amino-alcohol motifs (C(OH)–C–C–N with tert-alkyl or cyclic N) is 1. The summed E-state index contributed by atoms with van der Waals surface area (Å²) in [4.78, 5) is 40.3. The van der Waals surface area contributed by atoms with Gasteiger partial charge in [0.05, 0.1) is 24.9 Å². The molecular weight excluding hydrogens is 465 g/mol. The molecule has 0 aliphatic carbocycles. The molecule has 3 amide bonds. The number of anilines is 3. The Morgan fingerprint density at radius 2 is 1.79 bits per heavy atom. The van der Waals surface area contributed by atoms with Gasteiger partial charge in [0.1, 0.15) is 11.9 Å². The number of hydrogen-bond acceptors (Lipinski definition) is 6. The quantitative estimate of drug-likeness (QED) is 0.451. The van der Waals surface area contributed by atoms with Crippen molar-refractivity contribution in [2.75, 3.05) is 49.7 Å². The van der Waals surface area contributed by atoms with Crippen molar-refractivity contribution in [3.8, 4) is 0 Å². The number of aliphatic hydroxyl groups excluding tert-OH is 1. The van der Waals surface area contributed by atoms with Gasteiger partial charge in [0, 0.05) is 29.4 Å². The normalized spacial score (nSPS) is 17.5. The van der Waals surface area contributed by atoms with Crippen LogP contribution in [-0.2, 0) is 9.59 Å². The fraction of sp³-hybridized carbons (Fsp3) is 0.348. The number of carbonyl (C=O) groups is 3. The Morgan fingerprint density at radius 1 is 1.12 bits per heavy atom. The molecule has 2 atom stereocenters. The van der Waals surface area contributed by atoms with Crippen LogP contribution in [0.5, 0.6) is 0 Å². The molecule has 182 valence electrons. The van der Waals surface area contributed by atoms with Crippen molar-refractivity contribution in [3.63, 3.8) is 0 Å². The van der Waals surface area contributed by atoms with Crippen LogP contribution in [0, 0.1) is 5.82 Å². The van der Waals surface area contributed by atoms with E-state index in [4.69, 9.17) is 11.6 Å². The minimum absolute atomic E-state index is 0.0229. The van der Waals surface area contributed by atoms with E-state index in [9.17, 15) is 23.9 Å². The number of likely N-dealkylation sites (N-methyl/N-ethyl adjacent to an activating group) is 1. The molecule has 3 rings (SSSR count).